The van der Waals surface area contributed by atoms with Gasteiger partial charge < -0.3 is 15.1 Å². The molecule has 20 heavy (non-hydrogen) atoms. The summed E-state index contributed by atoms with van der Waals surface area (Å²) in [6.07, 6.45) is 1.78. The van der Waals surface area contributed by atoms with Crippen LogP contribution in [-0.2, 0) is 0 Å². The lowest BCUT2D eigenvalue weighted by Gasteiger charge is -2.24. The first-order chi connectivity index (χ1) is 9.49. The van der Waals surface area contributed by atoms with Crippen molar-refractivity contribution >= 4 is 17.3 Å². The number of imidazole rings is 1. The van der Waals surface area contributed by atoms with Gasteiger partial charge in [-0.3, -0.25) is 4.40 Å². The molecule has 2 heterocycles. The van der Waals surface area contributed by atoms with Crippen molar-refractivity contribution < 1.29 is 15.0 Å². The third-order valence-electron chi connectivity index (χ3n) is 3.41. The SMILES string of the molecule is CCN(CCO)c1cn2c(C(=O)O)c(C)nc2cc1C. The molecule has 2 aromatic heterocycles. The van der Waals surface area contributed by atoms with Crippen LogP contribution < -0.4 is 4.90 Å². The minimum absolute atomic E-state index is 0.0556. The largest absolute Gasteiger partial charge is 0.477 e. The lowest BCUT2D eigenvalue weighted by Crippen LogP contribution is -2.27. The first-order valence-electron chi connectivity index (χ1n) is 6.58. The van der Waals surface area contributed by atoms with E-state index in [0.29, 0.717) is 17.9 Å². The molecular weight excluding hydrogens is 258 g/mol. The topological polar surface area (TPSA) is 78.1 Å². The number of rotatable bonds is 5. The van der Waals surface area contributed by atoms with Crippen LogP contribution in [0.1, 0.15) is 28.7 Å². The van der Waals surface area contributed by atoms with E-state index >= 15 is 0 Å². The molecule has 0 fully saturated rings. The molecule has 0 unspecified atom stereocenters. The number of carboxylic acid groups (broad SMARTS) is 1. The van der Waals surface area contributed by atoms with Gasteiger partial charge in [-0.25, -0.2) is 9.78 Å². The van der Waals surface area contributed by atoms with Gasteiger partial charge in [0.05, 0.1) is 18.0 Å². The number of nitrogens with zero attached hydrogens (tertiary/aromatic N) is 3. The average molecular weight is 277 g/mol. The second-order valence-electron chi connectivity index (χ2n) is 4.72. The fourth-order valence-electron chi connectivity index (χ4n) is 2.45. The van der Waals surface area contributed by atoms with Gasteiger partial charge in [0.25, 0.3) is 0 Å². The highest BCUT2D eigenvalue weighted by atomic mass is 16.4. The Balaban J connectivity index is 2.65. The molecule has 0 saturated carbocycles. The number of aromatic carboxylic acids is 1. The molecule has 0 bridgehead atoms. The molecule has 0 aliphatic rings. The van der Waals surface area contributed by atoms with Crippen molar-refractivity contribution in [3.05, 3.63) is 29.2 Å². The molecule has 0 aliphatic heterocycles. The number of anilines is 1. The van der Waals surface area contributed by atoms with Crippen molar-refractivity contribution in [1.29, 1.82) is 0 Å². The van der Waals surface area contributed by atoms with E-state index in [9.17, 15) is 9.90 Å². The average Bonchev–Trinajstić information content (AvgIpc) is 2.70. The first-order valence-corrected chi connectivity index (χ1v) is 6.58. The Morgan fingerprint density at radius 1 is 1.45 bits per heavy atom. The molecule has 0 saturated heterocycles. The van der Waals surface area contributed by atoms with E-state index in [0.717, 1.165) is 17.8 Å². The number of likely N-dealkylation sites (N-methyl/N-ethyl adjacent to an activating group) is 1. The predicted molar refractivity (Wildman–Crippen MR) is 76.6 cm³/mol. The molecule has 2 aromatic rings. The zero-order valence-corrected chi connectivity index (χ0v) is 11.9. The van der Waals surface area contributed by atoms with Gasteiger partial charge in [0, 0.05) is 19.3 Å². The number of aliphatic hydroxyl groups is 1. The van der Waals surface area contributed by atoms with Crippen LogP contribution in [-0.4, -0.2) is 45.3 Å². The Hall–Kier alpha value is -2.08. The van der Waals surface area contributed by atoms with Crippen LogP contribution in [0.5, 0.6) is 0 Å². The summed E-state index contributed by atoms with van der Waals surface area (Å²) < 4.78 is 1.60. The summed E-state index contributed by atoms with van der Waals surface area (Å²) in [6, 6.07) is 1.87. The maximum absolute atomic E-state index is 11.3. The molecule has 2 N–H and O–H groups in total. The number of aliphatic hydroxyl groups excluding tert-OH is 1. The number of hydrogen-bond acceptors (Lipinski definition) is 4. The van der Waals surface area contributed by atoms with Crippen LogP contribution in [0.15, 0.2) is 12.3 Å². The summed E-state index contributed by atoms with van der Waals surface area (Å²) in [7, 11) is 0. The summed E-state index contributed by atoms with van der Waals surface area (Å²) in [5.74, 6) is -0.991. The standard InChI is InChI=1S/C14H19N3O3/c1-4-16(5-6-18)11-8-17-12(7-9(11)2)15-10(3)13(17)14(19)20/h7-8,18H,4-6H2,1-3H3,(H,19,20). The summed E-state index contributed by atoms with van der Waals surface area (Å²) in [5.41, 5.74) is 3.23. The molecule has 108 valence electrons. The second kappa shape index (κ2) is 5.50. The van der Waals surface area contributed by atoms with Crippen molar-refractivity contribution in [3.63, 3.8) is 0 Å². The van der Waals surface area contributed by atoms with Gasteiger partial charge >= 0.3 is 5.97 Å². The summed E-state index contributed by atoms with van der Waals surface area (Å²) in [6.45, 7) is 6.95. The number of carboxylic acids is 1. The molecular formula is C14H19N3O3. The van der Waals surface area contributed by atoms with E-state index in [1.165, 1.54) is 0 Å². The van der Waals surface area contributed by atoms with Crippen LogP contribution in [0.3, 0.4) is 0 Å². The Labute approximate surface area is 117 Å². The predicted octanol–water partition coefficient (Wildman–Crippen LogP) is 1.47. The molecule has 6 nitrogen and oxygen atoms in total. The van der Waals surface area contributed by atoms with Gasteiger partial charge in [0.2, 0.25) is 0 Å². The van der Waals surface area contributed by atoms with Gasteiger partial charge in [0.15, 0.2) is 5.69 Å². The van der Waals surface area contributed by atoms with E-state index in [2.05, 4.69) is 4.98 Å². The Kier molecular flexibility index (Phi) is 3.94. The van der Waals surface area contributed by atoms with Crippen molar-refractivity contribution in [2.75, 3.05) is 24.6 Å². The molecule has 2 rings (SSSR count). The molecule has 0 aliphatic carbocycles. The molecule has 0 aromatic carbocycles. The van der Waals surface area contributed by atoms with Crippen molar-refractivity contribution in [1.82, 2.24) is 9.38 Å². The maximum atomic E-state index is 11.3. The molecule has 6 heteroatoms. The molecule has 0 radical (unpaired) electrons. The number of aryl methyl sites for hydroxylation is 2. The van der Waals surface area contributed by atoms with Crippen LogP contribution in [0.4, 0.5) is 5.69 Å². The molecule has 0 atom stereocenters. The quantitative estimate of drug-likeness (QED) is 0.865. The zero-order chi connectivity index (χ0) is 14.9. The second-order valence-corrected chi connectivity index (χ2v) is 4.72. The highest BCUT2D eigenvalue weighted by molar-refractivity contribution is 5.88. The number of hydrogen-bond donors (Lipinski definition) is 2. The number of carbonyl (C=O) groups is 1. The monoisotopic (exact) mass is 277 g/mol. The number of aromatic nitrogens is 2. The van der Waals surface area contributed by atoms with E-state index in [1.54, 1.807) is 17.5 Å². The molecule has 0 amide bonds. The molecule has 0 spiro atoms. The van der Waals surface area contributed by atoms with E-state index in [-0.39, 0.29) is 12.3 Å². The first kappa shape index (κ1) is 14.3. The highest BCUT2D eigenvalue weighted by Crippen LogP contribution is 2.23. The van der Waals surface area contributed by atoms with Gasteiger partial charge in [-0.05, 0) is 32.4 Å². The Morgan fingerprint density at radius 2 is 2.15 bits per heavy atom. The van der Waals surface area contributed by atoms with Crippen LogP contribution >= 0.6 is 0 Å². The smallest absolute Gasteiger partial charge is 0.354 e. The van der Waals surface area contributed by atoms with Gasteiger partial charge in [-0.2, -0.15) is 0 Å². The summed E-state index contributed by atoms with van der Waals surface area (Å²) >= 11 is 0. The number of pyridine rings is 1. The van der Waals surface area contributed by atoms with Crippen molar-refractivity contribution in [3.8, 4) is 0 Å². The van der Waals surface area contributed by atoms with E-state index < -0.39 is 5.97 Å². The van der Waals surface area contributed by atoms with Crippen LogP contribution in [0.2, 0.25) is 0 Å². The minimum atomic E-state index is -0.991. The fraction of sp³-hybridized carbons (Fsp3) is 0.429. The third-order valence-corrected chi connectivity index (χ3v) is 3.41. The summed E-state index contributed by atoms with van der Waals surface area (Å²) in [5, 5.41) is 18.4. The maximum Gasteiger partial charge on any atom is 0.354 e. The Morgan fingerprint density at radius 3 is 2.70 bits per heavy atom. The van der Waals surface area contributed by atoms with Crippen LogP contribution in [0, 0.1) is 13.8 Å². The summed E-state index contributed by atoms with van der Waals surface area (Å²) in [4.78, 5) is 17.6. The lowest BCUT2D eigenvalue weighted by molar-refractivity contribution is 0.0688. The minimum Gasteiger partial charge on any atom is -0.477 e. The zero-order valence-electron chi connectivity index (χ0n) is 11.9. The van der Waals surface area contributed by atoms with Gasteiger partial charge in [-0.15, -0.1) is 0 Å². The van der Waals surface area contributed by atoms with Crippen molar-refractivity contribution in [2.24, 2.45) is 0 Å². The van der Waals surface area contributed by atoms with Gasteiger partial charge in [0.1, 0.15) is 5.65 Å². The van der Waals surface area contributed by atoms with E-state index in [1.807, 2.05) is 24.8 Å². The number of fused-ring (bicyclic) bond motifs is 1. The highest BCUT2D eigenvalue weighted by Gasteiger charge is 2.18. The Bertz CT molecular complexity index is 649. The van der Waals surface area contributed by atoms with Crippen LogP contribution in [0.25, 0.3) is 5.65 Å². The fourth-order valence-corrected chi connectivity index (χ4v) is 2.45. The lowest BCUT2D eigenvalue weighted by atomic mass is 10.2. The van der Waals surface area contributed by atoms with Crippen molar-refractivity contribution in [2.45, 2.75) is 20.8 Å². The normalized spacial score (nSPS) is 11.0. The third kappa shape index (κ3) is 2.34. The van der Waals surface area contributed by atoms with E-state index in [4.69, 9.17) is 5.11 Å². The van der Waals surface area contributed by atoms with Gasteiger partial charge in [-0.1, -0.05) is 0 Å².